The predicted molar refractivity (Wildman–Crippen MR) is 100 cm³/mol. The molecule has 0 saturated carbocycles. The lowest BCUT2D eigenvalue weighted by molar-refractivity contribution is 0.102. The van der Waals surface area contributed by atoms with Crippen molar-refractivity contribution >= 4 is 22.9 Å². The first kappa shape index (κ1) is 16.9. The number of hydrogen-bond donors (Lipinski definition) is 2. The lowest BCUT2D eigenvalue weighted by Gasteiger charge is -2.30. The third-order valence-electron chi connectivity index (χ3n) is 4.44. The summed E-state index contributed by atoms with van der Waals surface area (Å²) in [6.07, 6.45) is 0. The first-order valence-corrected chi connectivity index (χ1v) is 9.34. The lowest BCUT2D eigenvalue weighted by Crippen LogP contribution is -2.44. The molecule has 3 heterocycles. The van der Waals surface area contributed by atoms with E-state index in [1.54, 1.807) is 6.07 Å². The van der Waals surface area contributed by atoms with Crippen molar-refractivity contribution in [2.24, 2.45) is 0 Å². The number of amides is 1. The van der Waals surface area contributed by atoms with Gasteiger partial charge in [0, 0.05) is 25.0 Å². The maximum absolute atomic E-state index is 12.4. The highest BCUT2D eigenvalue weighted by atomic mass is 32.1. The van der Waals surface area contributed by atoms with Gasteiger partial charge in [-0.15, -0.1) is 0 Å². The predicted octanol–water partition coefficient (Wildman–Crippen LogP) is 2.63. The van der Waals surface area contributed by atoms with Crippen molar-refractivity contribution in [3.8, 4) is 11.5 Å². The monoisotopic (exact) mass is 369 g/mol. The van der Waals surface area contributed by atoms with Crippen LogP contribution in [0.1, 0.15) is 22.2 Å². The Bertz CT molecular complexity index is 893. The van der Waals surface area contributed by atoms with E-state index in [0.717, 1.165) is 19.6 Å². The van der Waals surface area contributed by atoms with E-state index in [4.69, 9.17) is 4.52 Å². The number of aromatic nitrogens is 2. The number of hydrogen-bond acceptors (Lipinski definition) is 7. The van der Waals surface area contributed by atoms with Crippen LogP contribution in [0.5, 0.6) is 0 Å². The molecule has 1 saturated heterocycles. The zero-order chi connectivity index (χ0) is 17.9. The first-order valence-electron chi connectivity index (χ1n) is 8.40. The zero-order valence-corrected chi connectivity index (χ0v) is 15.1. The molecule has 1 aliphatic heterocycles. The summed E-state index contributed by atoms with van der Waals surface area (Å²) in [5.41, 5.74) is 1.99. The summed E-state index contributed by atoms with van der Waals surface area (Å²) in [6, 6.07) is 9.31. The van der Waals surface area contributed by atoms with Crippen LogP contribution in [0.2, 0.25) is 0 Å². The van der Waals surface area contributed by atoms with E-state index in [-0.39, 0.29) is 11.9 Å². The quantitative estimate of drug-likeness (QED) is 0.736. The highest BCUT2D eigenvalue weighted by Crippen LogP contribution is 2.29. The van der Waals surface area contributed by atoms with Gasteiger partial charge in [-0.1, -0.05) is 17.3 Å². The fraction of sp³-hybridized carbons (Fsp3) is 0.278. The van der Waals surface area contributed by atoms with E-state index in [2.05, 4.69) is 32.7 Å². The number of thiophene rings is 1. The molecule has 1 aromatic carbocycles. The van der Waals surface area contributed by atoms with Crippen LogP contribution in [0.15, 0.2) is 45.6 Å². The van der Waals surface area contributed by atoms with Gasteiger partial charge in [-0.25, -0.2) is 0 Å². The van der Waals surface area contributed by atoms with E-state index in [1.165, 1.54) is 11.3 Å². The Labute approximate surface area is 155 Å². The molecule has 8 heteroatoms. The van der Waals surface area contributed by atoms with Gasteiger partial charge in [0.05, 0.1) is 22.9 Å². The molecule has 1 amide bonds. The summed E-state index contributed by atoms with van der Waals surface area (Å²) in [5, 5.41) is 14.1. The van der Waals surface area contributed by atoms with Gasteiger partial charge in [0.15, 0.2) is 5.82 Å². The van der Waals surface area contributed by atoms with Crippen LogP contribution in [-0.2, 0) is 0 Å². The van der Waals surface area contributed by atoms with Crippen molar-refractivity contribution < 1.29 is 9.32 Å². The molecular weight excluding hydrogens is 350 g/mol. The van der Waals surface area contributed by atoms with E-state index in [1.807, 2.05) is 35.0 Å². The molecule has 134 valence electrons. The SMILES string of the molecule is CN1CCNCC1c1noc(-c2ccccc2NC(=O)c2ccsc2)n1. The normalized spacial score (nSPS) is 18.0. The number of benzene rings is 1. The Morgan fingerprint density at radius 1 is 1.38 bits per heavy atom. The van der Waals surface area contributed by atoms with Crippen molar-refractivity contribution in [1.82, 2.24) is 20.4 Å². The van der Waals surface area contributed by atoms with Gasteiger partial charge >= 0.3 is 0 Å². The summed E-state index contributed by atoms with van der Waals surface area (Å²) in [5.74, 6) is 0.892. The zero-order valence-electron chi connectivity index (χ0n) is 14.3. The highest BCUT2D eigenvalue weighted by Gasteiger charge is 2.26. The largest absolute Gasteiger partial charge is 0.334 e. The molecule has 0 bridgehead atoms. The standard InChI is InChI=1S/C18H19N5O2S/c1-23-8-7-19-10-15(23)16-21-18(25-22-16)13-4-2-3-5-14(13)20-17(24)12-6-9-26-11-12/h2-6,9,11,15,19H,7-8,10H2,1H3,(H,20,24). The van der Waals surface area contributed by atoms with E-state index < -0.39 is 0 Å². The third-order valence-corrected chi connectivity index (χ3v) is 5.12. The molecule has 0 aliphatic carbocycles. The Morgan fingerprint density at radius 3 is 3.08 bits per heavy atom. The number of nitrogens with one attached hydrogen (secondary N) is 2. The number of piperazine rings is 1. The van der Waals surface area contributed by atoms with E-state index in [0.29, 0.717) is 28.5 Å². The summed E-state index contributed by atoms with van der Waals surface area (Å²) in [4.78, 5) is 19.1. The molecule has 1 aliphatic rings. The average Bonchev–Trinajstić information content (AvgIpc) is 3.35. The highest BCUT2D eigenvalue weighted by molar-refractivity contribution is 7.08. The Kier molecular flexibility index (Phi) is 4.79. The second kappa shape index (κ2) is 7.36. The number of anilines is 1. The Balaban J connectivity index is 1.59. The second-order valence-corrected chi connectivity index (χ2v) is 6.95. The molecule has 0 spiro atoms. The van der Waals surface area contributed by atoms with Crippen molar-refractivity contribution in [3.63, 3.8) is 0 Å². The van der Waals surface area contributed by atoms with Crippen LogP contribution < -0.4 is 10.6 Å². The van der Waals surface area contributed by atoms with Gasteiger partial charge in [0.1, 0.15) is 0 Å². The number of rotatable bonds is 4. The maximum atomic E-state index is 12.4. The van der Waals surface area contributed by atoms with Crippen LogP contribution >= 0.6 is 11.3 Å². The average molecular weight is 369 g/mol. The van der Waals surface area contributed by atoms with Gasteiger partial charge in [0.2, 0.25) is 0 Å². The molecule has 4 rings (SSSR count). The van der Waals surface area contributed by atoms with Gasteiger partial charge in [-0.2, -0.15) is 16.3 Å². The molecule has 2 N–H and O–H groups in total. The number of likely N-dealkylation sites (N-methyl/N-ethyl adjacent to an activating group) is 1. The summed E-state index contributed by atoms with van der Waals surface area (Å²) < 4.78 is 5.50. The fourth-order valence-corrected chi connectivity index (χ4v) is 3.58. The van der Waals surface area contributed by atoms with Crippen molar-refractivity contribution in [1.29, 1.82) is 0 Å². The van der Waals surface area contributed by atoms with E-state index >= 15 is 0 Å². The molecular formula is C18H19N5O2S. The first-order chi connectivity index (χ1) is 12.7. The minimum atomic E-state index is -0.158. The van der Waals surface area contributed by atoms with Gasteiger partial charge in [-0.05, 0) is 30.6 Å². The molecule has 2 aromatic heterocycles. The summed E-state index contributed by atoms with van der Waals surface area (Å²) in [7, 11) is 2.05. The lowest BCUT2D eigenvalue weighted by atomic mass is 10.1. The molecule has 3 aromatic rings. The molecule has 1 unspecified atom stereocenters. The summed E-state index contributed by atoms with van der Waals surface area (Å²) >= 11 is 1.49. The number of carbonyl (C=O) groups excluding carboxylic acids is 1. The van der Waals surface area contributed by atoms with Crippen LogP contribution in [0.3, 0.4) is 0 Å². The molecule has 26 heavy (non-hydrogen) atoms. The van der Waals surface area contributed by atoms with Crippen molar-refractivity contribution in [2.75, 3.05) is 32.0 Å². The van der Waals surface area contributed by atoms with Crippen LogP contribution in [0, 0.1) is 0 Å². The van der Waals surface area contributed by atoms with Gasteiger partial charge in [0.25, 0.3) is 11.8 Å². The van der Waals surface area contributed by atoms with Crippen LogP contribution in [-0.4, -0.2) is 47.6 Å². The number of nitrogens with zero attached hydrogens (tertiary/aromatic N) is 3. The Morgan fingerprint density at radius 2 is 2.27 bits per heavy atom. The number of carbonyl (C=O) groups is 1. The topological polar surface area (TPSA) is 83.3 Å². The summed E-state index contributed by atoms with van der Waals surface area (Å²) in [6.45, 7) is 2.67. The molecule has 7 nitrogen and oxygen atoms in total. The maximum Gasteiger partial charge on any atom is 0.260 e. The fourth-order valence-electron chi connectivity index (χ4n) is 2.94. The third kappa shape index (κ3) is 3.39. The van der Waals surface area contributed by atoms with Crippen molar-refractivity contribution in [2.45, 2.75) is 6.04 Å². The van der Waals surface area contributed by atoms with Crippen molar-refractivity contribution in [3.05, 3.63) is 52.5 Å². The van der Waals surface area contributed by atoms with Crippen LogP contribution in [0.25, 0.3) is 11.5 Å². The number of para-hydroxylation sites is 1. The van der Waals surface area contributed by atoms with Gasteiger partial charge in [-0.3, -0.25) is 9.69 Å². The van der Waals surface area contributed by atoms with E-state index in [9.17, 15) is 4.79 Å². The molecule has 1 fully saturated rings. The smallest absolute Gasteiger partial charge is 0.260 e. The minimum Gasteiger partial charge on any atom is -0.334 e. The minimum absolute atomic E-state index is 0.0776. The van der Waals surface area contributed by atoms with Crippen LogP contribution in [0.4, 0.5) is 5.69 Å². The molecule has 0 radical (unpaired) electrons. The van der Waals surface area contributed by atoms with Gasteiger partial charge < -0.3 is 15.2 Å². The second-order valence-electron chi connectivity index (χ2n) is 6.17. The molecule has 1 atom stereocenters. The Hall–Kier alpha value is -2.55.